The Morgan fingerprint density at radius 2 is 1.78 bits per heavy atom. The van der Waals surface area contributed by atoms with Crippen LogP contribution in [-0.4, -0.2) is 78.0 Å². The molecule has 240 valence electrons. The molecule has 45 heavy (non-hydrogen) atoms. The van der Waals surface area contributed by atoms with Crippen LogP contribution in [0, 0.1) is 5.92 Å². The number of nitrogens with zero attached hydrogens (tertiary/aromatic N) is 3. The lowest BCUT2D eigenvalue weighted by Crippen LogP contribution is -2.51. The van der Waals surface area contributed by atoms with Crippen molar-refractivity contribution in [3.05, 3.63) is 96.3 Å². The predicted octanol–water partition coefficient (Wildman–Crippen LogP) is 4.41. The number of hydrogen-bond donors (Lipinski definition) is 2. The van der Waals surface area contributed by atoms with Crippen LogP contribution in [0.2, 0.25) is 0 Å². The summed E-state index contributed by atoms with van der Waals surface area (Å²) in [5.41, 5.74) is 3.49. The molecule has 11 heteroatoms. The Labute approximate surface area is 265 Å². The fourth-order valence-electron chi connectivity index (χ4n) is 5.53. The molecule has 0 unspecified atom stereocenters. The van der Waals surface area contributed by atoms with Crippen LogP contribution < -0.4 is 5.32 Å². The first-order chi connectivity index (χ1) is 21.7. The molecule has 3 aromatic carbocycles. The van der Waals surface area contributed by atoms with E-state index < -0.39 is 28.3 Å². The van der Waals surface area contributed by atoms with E-state index in [1.54, 1.807) is 24.5 Å². The molecule has 10 nitrogen and oxygen atoms in total. The summed E-state index contributed by atoms with van der Waals surface area (Å²) >= 11 is 0. The third-order valence-corrected chi connectivity index (χ3v) is 9.73. The van der Waals surface area contributed by atoms with Gasteiger partial charge in [-0.25, -0.2) is 18.2 Å². The lowest BCUT2D eigenvalue weighted by Gasteiger charge is -2.30. The van der Waals surface area contributed by atoms with Crippen LogP contribution in [0.25, 0.3) is 11.0 Å². The van der Waals surface area contributed by atoms with Crippen LogP contribution in [-0.2, 0) is 38.9 Å². The van der Waals surface area contributed by atoms with Crippen molar-refractivity contribution in [3.8, 4) is 0 Å². The minimum Gasteiger partial charge on any atom is -0.444 e. The minimum atomic E-state index is -4.03. The van der Waals surface area contributed by atoms with Crippen molar-refractivity contribution in [2.24, 2.45) is 5.92 Å². The number of ether oxygens (including phenoxy) is 2. The maximum Gasteiger partial charge on any atom is 0.407 e. The zero-order valence-corrected chi connectivity index (χ0v) is 26.6. The number of carbonyl (C=O) groups is 1. The van der Waals surface area contributed by atoms with E-state index in [2.05, 4.69) is 22.4 Å². The van der Waals surface area contributed by atoms with Gasteiger partial charge in [0.1, 0.15) is 6.10 Å². The van der Waals surface area contributed by atoms with Crippen LogP contribution in [0.5, 0.6) is 0 Å². The molecular formula is C34H42N4O6S. The fraction of sp³-hybridized carbons (Fsp3) is 0.412. The number of benzene rings is 3. The van der Waals surface area contributed by atoms with Crippen molar-refractivity contribution < 1.29 is 27.8 Å². The summed E-state index contributed by atoms with van der Waals surface area (Å²) in [7, 11) is -4.03. The van der Waals surface area contributed by atoms with E-state index in [-0.39, 0.29) is 30.0 Å². The first kappa shape index (κ1) is 32.6. The third-order valence-electron chi connectivity index (χ3n) is 7.90. The molecule has 1 aliphatic heterocycles. The molecule has 0 aliphatic carbocycles. The fourth-order valence-corrected chi connectivity index (χ4v) is 7.17. The van der Waals surface area contributed by atoms with E-state index in [1.807, 2.05) is 66.9 Å². The number of amides is 1. The standard InChI is InChI=1S/C34H42N4O6S/c1-25(2)21-38(22-33(39)31(19-27-11-7-4-8-12-27)36-34(40)44-28-16-18-43-23-28)45(41,42)29-13-14-30-32(20-29)37(24-35-30)17-15-26-9-5-3-6-10-26/h3-14,20,24-25,28,31,33,39H,15-19,21-23H2,1-2H3,(H,36,40)/t28-,31-,33+/m0/s1. The van der Waals surface area contributed by atoms with Gasteiger partial charge < -0.3 is 24.5 Å². The summed E-state index contributed by atoms with van der Waals surface area (Å²) in [6, 6.07) is 23.7. The van der Waals surface area contributed by atoms with Gasteiger partial charge in [0.15, 0.2) is 0 Å². The van der Waals surface area contributed by atoms with Crippen molar-refractivity contribution >= 4 is 27.1 Å². The molecule has 3 atom stereocenters. The van der Waals surface area contributed by atoms with Crippen LogP contribution in [0.4, 0.5) is 4.79 Å². The summed E-state index contributed by atoms with van der Waals surface area (Å²) in [5.74, 6) is -0.0139. The van der Waals surface area contributed by atoms with E-state index in [9.17, 15) is 18.3 Å². The Kier molecular flexibility index (Phi) is 10.9. The van der Waals surface area contributed by atoms with Crippen molar-refractivity contribution in [1.82, 2.24) is 19.2 Å². The molecule has 5 rings (SSSR count). The highest BCUT2D eigenvalue weighted by Gasteiger charge is 2.32. The Balaban J connectivity index is 1.36. The largest absolute Gasteiger partial charge is 0.444 e. The summed E-state index contributed by atoms with van der Waals surface area (Å²) < 4.78 is 42.4. The van der Waals surface area contributed by atoms with Gasteiger partial charge >= 0.3 is 6.09 Å². The second kappa shape index (κ2) is 15.0. The molecule has 2 N–H and O–H groups in total. The molecule has 1 fully saturated rings. The third kappa shape index (κ3) is 8.70. The number of sulfonamides is 1. The molecule has 1 aliphatic rings. The Morgan fingerprint density at radius 3 is 2.44 bits per heavy atom. The number of fused-ring (bicyclic) bond motifs is 1. The maximum absolute atomic E-state index is 14.2. The van der Waals surface area contributed by atoms with E-state index >= 15 is 0 Å². The number of alkyl carbamates (subject to hydrolysis) is 1. The second-order valence-electron chi connectivity index (χ2n) is 11.9. The molecule has 2 heterocycles. The topological polar surface area (TPSA) is 123 Å². The highest BCUT2D eigenvalue weighted by Crippen LogP contribution is 2.24. The number of aliphatic hydroxyl groups excluding tert-OH is 1. The first-order valence-electron chi connectivity index (χ1n) is 15.4. The lowest BCUT2D eigenvalue weighted by molar-refractivity contribution is 0.0644. The van der Waals surface area contributed by atoms with Crippen LogP contribution in [0.3, 0.4) is 0 Å². The summed E-state index contributed by atoms with van der Waals surface area (Å²) in [6.07, 6.45) is 1.17. The Hall–Kier alpha value is -3.77. The lowest BCUT2D eigenvalue weighted by atomic mass is 10.0. The molecule has 0 radical (unpaired) electrons. The quantitative estimate of drug-likeness (QED) is 0.211. The minimum absolute atomic E-state index is 0.0139. The van der Waals surface area contributed by atoms with E-state index in [0.717, 1.165) is 17.5 Å². The van der Waals surface area contributed by atoms with Crippen LogP contribution in [0.15, 0.2) is 90.1 Å². The van der Waals surface area contributed by atoms with Gasteiger partial charge in [-0.1, -0.05) is 74.5 Å². The number of carbonyl (C=O) groups excluding carboxylic acids is 1. The number of aryl methyl sites for hydroxylation is 2. The summed E-state index contributed by atoms with van der Waals surface area (Å²) in [6.45, 7) is 5.33. The highest BCUT2D eigenvalue weighted by molar-refractivity contribution is 7.89. The van der Waals surface area contributed by atoms with Crippen LogP contribution in [0.1, 0.15) is 31.4 Å². The highest BCUT2D eigenvalue weighted by atomic mass is 32.2. The maximum atomic E-state index is 14.2. The van der Waals surface area contributed by atoms with E-state index in [1.165, 1.54) is 9.87 Å². The van der Waals surface area contributed by atoms with E-state index in [4.69, 9.17) is 9.47 Å². The second-order valence-corrected chi connectivity index (χ2v) is 13.9. The number of nitrogens with one attached hydrogen (secondary N) is 1. The number of aromatic nitrogens is 2. The molecule has 1 amide bonds. The number of rotatable bonds is 14. The predicted molar refractivity (Wildman–Crippen MR) is 172 cm³/mol. The van der Waals surface area contributed by atoms with Gasteiger partial charge in [0.05, 0.1) is 47.6 Å². The van der Waals surface area contributed by atoms with Gasteiger partial charge in [0, 0.05) is 26.1 Å². The molecule has 0 saturated carbocycles. The normalized spacial score (nSPS) is 16.7. The molecule has 4 aromatic rings. The number of hydrogen-bond acceptors (Lipinski definition) is 7. The van der Waals surface area contributed by atoms with Crippen molar-refractivity contribution in [2.75, 3.05) is 26.3 Å². The zero-order valence-electron chi connectivity index (χ0n) is 25.8. The van der Waals surface area contributed by atoms with Crippen molar-refractivity contribution in [2.45, 2.75) is 62.8 Å². The van der Waals surface area contributed by atoms with Gasteiger partial charge in [-0.05, 0) is 48.1 Å². The van der Waals surface area contributed by atoms with Gasteiger partial charge in [-0.15, -0.1) is 0 Å². The Morgan fingerprint density at radius 1 is 1.07 bits per heavy atom. The van der Waals surface area contributed by atoms with E-state index in [0.29, 0.717) is 38.1 Å². The van der Waals surface area contributed by atoms with Crippen LogP contribution >= 0.6 is 0 Å². The zero-order chi connectivity index (χ0) is 31.8. The molecule has 0 spiro atoms. The Bertz CT molecular complexity index is 1640. The monoisotopic (exact) mass is 634 g/mol. The molecular weight excluding hydrogens is 592 g/mol. The van der Waals surface area contributed by atoms with Crippen molar-refractivity contribution in [1.29, 1.82) is 0 Å². The number of aliphatic hydroxyl groups is 1. The average molecular weight is 635 g/mol. The van der Waals surface area contributed by atoms with Crippen molar-refractivity contribution in [3.63, 3.8) is 0 Å². The molecule has 0 bridgehead atoms. The van der Waals surface area contributed by atoms with Gasteiger partial charge in [-0.2, -0.15) is 4.31 Å². The molecule has 1 aromatic heterocycles. The molecule has 1 saturated heterocycles. The SMILES string of the molecule is CC(C)CN(C[C@@H](O)[C@H](Cc1ccccc1)NC(=O)O[C@H]1CCOC1)S(=O)(=O)c1ccc2ncn(CCc3ccccc3)c2c1. The van der Waals surface area contributed by atoms with Gasteiger partial charge in [0.2, 0.25) is 10.0 Å². The summed E-state index contributed by atoms with van der Waals surface area (Å²) in [5, 5.41) is 14.3. The van der Waals surface area contributed by atoms with Gasteiger partial charge in [0.25, 0.3) is 0 Å². The van der Waals surface area contributed by atoms with Gasteiger partial charge in [-0.3, -0.25) is 0 Å². The first-order valence-corrected chi connectivity index (χ1v) is 16.9. The summed E-state index contributed by atoms with van der Waals surface area (Å²) in [4.78, 5) is 17.4. The smallest absolute Gasteiger partial charge is 0.407 e. The number of imidazole rings is 1. The average Bonchev–Trinajstić information content (AvgIpc) is 3.69.